The van der Waals surface area contributed by atoms with Crippen molar-refractivity contribution in [1.29, 1.82) is 0 Å². The highest BCUT2D eigenvalue weighted by Gasteiger charge is 2.29. The van der Waals surface area contributed by atoms with Crippen molar-refractivity contribution in [3.8, 4) is 0 Å². The summed E-state index contributed by atoms with van der Waals surface area (Å²) in [6.45, 7) is 8.85. The topological polar surface area (TPSA) is 40.6 Å². The molecule has 0 radical (unpaired) electrons. The molecule has 1 aliphatic rings. The van der Waals surface area contributed by atoms with E-state index in [0.717, 1.165) is 37.1 Å². The van der Waals surface area contributed by atoms with Gasteiger partial charge in [0.05, 0.1) is 0 Å². The minimum Gasteiger partial charge on any atom is -0.343 e. The van der Waals surface area contributed by atoms with Gasteiger partial charge in [-0.05, 0) is 45.2 Å². The molecule has 120 valence electrons. The van der Waals surface area contributed by atoms with Crippen LogP contribution in [0.5, 0.6) is 0 Å². The van der Waals surface area contributed by atoms with Crippen molar-refractivity contribution < 1.29 is 9.59 Å². The number of benzene rings is 1. The Bertz CT molecular complexity index is 530. The third-order valence-electron chi connectivity index (χ3n) is 4.58. The fourth-order valence-electron chi connectivity index (χ4n) is 3.11. The van der Waals surface area contributed by atoms with Crippen LogP contribution >= 0.6 is 0 Å². The molecular formula is C18H26N2O2. The molecule has 0 bridgehead atoms. The molecular weight excluding hydrogens is 276 g/mol. The molecule has 0 saturated carbocycles. The van der Waals surface area contributed by atoms with E-state index >= 15 is 0 Å². The van der Waals surface area contributed by atoms with E-state index in [0.29, 0.717) is 13.1 Å². The van der Waals surface area contributed by atoms with Gasteiger partial charge in [-0.15, -0.1) is 0 Å². The number of likely N-dealkylation sites (tertiary alicyclic amines) is 1. The van der Waals surface area contributed by atoms with Gasteiger partial charge in [-0.3, -0.25) is 9.59 Å². The van der Waals surface area contributed by atoms with Crippen LogP contribution in [0.4, 0.5) is 0 Å². The van der Waals surface area contributed by atoms with Gasteiger partial charge < -0.3 is 9.80 Å². The van der Waals surface area contributed by atoms with Gasteiger partial charge in [-0.25, -0.2) is 0 Å². The zero-order valence-corrected chi connectivity index (χ0v) is 13.8. The standard InChI is InChI=1S/C18H26N2O2/c1-4-19(5-2)17(21)15-10-12-20(13-11-15)18(22)16-9-7-6-8-14(16)3/h6-9,15H,4-5,10-13H2,1-3H3. The van der Waals surface area contributed by atoms with Crippen LogP contribution in [0.2, 0.25) is 0 Å². The molecule has 1 saturated heterocycles. The van der Waals surface area contributed by atoms with Gasteiger partial charge >= 0.3 is 0 Å². The van der Waals surface area contributed by atoms with Crippen LogP contribution in [0.25, 0.3) is 0 Å². The lowest BCUT2D eigenvalue weighted by Gasteiger charge is -2.34. The molecule has 0 aliphatic carbocycles. The molecule has 0 unspecified atom stereocenters. The van der Waals surface area contributed by atoms with Gasteiger partial charge in [0.2, 0.25) is 5.91 Å². The van der Waals surface area contributed by atoms with Gasteiger partial charge in [0.15, 0.2) is 0 Å². The monoisotopic (exact) mass is 302 g/mol. The van der Waals surface area contributed by atoms with Gasteiger partial charge in [0.25, 0.3) is 5.91 Å². The molecule has 22 heavy (non-hydrogen) atoms. The first-order chi connectivity index (χ1) is 10.6. The summed E-state index contributed by atoms with van der Waals surface area (Å²) in [4.78, 5) is 28.7. The summed E-state index contributed by atoms with van der Waals surface area (Å²) in [5, 5.41) is 0. The number of nitrogens with zero attached hydrogens (tertiary/aromatic N) is 2. The summed E-state index contributed by atoms with van der Waals surface area (Å²) < 4.78 is 0. The van der Waals surface area contributed by atoms with Crippen LogP contribution in [0.15, 0.2) is 24.3 Å². The molecule has 1 aliphatic heterocycles. The van der Waals surface area contributed by atoms with Gasteiger partial charge in [-0.1, -0.05) is 18.2 Å². The van der Waals surface area contributed by atoms with E-state index in [2.05, 4.69) is 0 Å². The van der Waals surface area contributed by atoms with E-state index < -0.39 is 0 Å². The normalized spacial score (nSPS) is 15.7. The molecule has 0 aromatic heterocycles. The number of hydrogen-bond acceptors (Lipinski definition) is 2. The second kappa shape index (κ2) is 7.43. The van der Waals surface area contributed by atoms with Crippen molar-refractivity contribution in [2.45, 2.75) is 33.6 Å². The quantitative estimate of drug-likeness (QED) is 0.858. The molecule has 0 N–H and O–H groups in total. The van der Waals surface area contributed by atoms with Crippen LogP contribution in [0.1, 0.15) is 42.6 Å². The Kier molecular flexibility index (Phi) is 5.58. The van der Waals surface area contributed by atoms with E-state index in [1.54, 1.807) is 0 Å². The average Bonchev–Trinajstić information content (AvgIpc) is 2.56. The maximum absolute atomic E-state index is 12.6. The fraction of sp³-hybridized carbons (Fsp3) is 0.556. The van der Waals surface area contributed by atoms with Crippen LogP contribution in [0.3, 0.4) is 0 Å². The van der Waals surface area contributed by atoms with E-state index in [1.807, 2.05) is 54.8 Å². The molecule has 4 heteroatoms. The van der Waals surface area contributed by atoms with E-state index in [9.17, 15) is 9.59 Å². The van der Waals surface area contributed by atoms with Crippen LogP contribution in [-0.2, 0) is 4.79 Å². The zero-order chi connectivity index (χ0) is 16.1. The largest absolute Gasteiger partial charge is 0.343 e. The number of piperidine rings is 1. The van der Waals surface area contributed by atoms with Crippen LogP contribution in [0, 0.1) is 12.8 Å². The Morgan fingerprint density at radius 3 is 2.27 bits per heavy atom. The van der Waals surface area contributed by atoms with Crippen molar-refractivity contribution in [2.24, 2.45) is 5.92 Å². The summed E-state index contributed by atoms with van der Waals surface area (Å²) >= 11 is 0. The van der Waals surface area contributed by atoms with Crippen LogP contribution in [-0.4, -0.2) is 47.8 Å². The highest BCUT2D eigenvalue weighted by atomic mass is 16.2. The summed E-state index contributed by atoms with van der Waals surface area (Å²) in [7, 11) is 0. The first-order valence-electron chi connectivity index (χ1n) is 8.22. The lowest BCUT2D eigenvalue weighted by atomic mass is 9.94. The molecule has 2 rings (SSSR count). The summed E-state index contributed by atoms with van der Waals surface area (Å²) in [5.41, 5.74) is 1.78. The Labute approximate surface area is 133 Å². The lowest BCUT2D eigenvalue weighted by molar-refractivity contribution is -0.136. The highest BCUT2D eigenvalue weighted by molar-refractivity contribution is 5.95. The van der Waals surface area contributed by atoms with Crippen molar-refractivity contribution >= 4 is 11.8 Å². The van der Waals surface area contributed by atoms with E-state index in [4.69, 9.17) is 0 Å². The van der Waals surface area contributed by atoms with Gasteiger partial charge in [0.1, 0.15) is 0 Å². The minimum atomic E-state index is 0.0702. The zero-order valence-electron chi connectivity index (χ0n) is 13.8. The number of carbonyl (C=O) groups excluding carboxylic acids is 2. The third kappa shape index (κ3) is 3.49. The minimum absolute atomic E-state index is 0.0702. The smallest absolute Gasteiger partial charge is 0.254 e. The molecule has 2 amide bonds. The van der Waals surface area contributed by atoms with Crippen molar-refractivity contribution in [1.82, 2.24) is 9.80 Å². The number of rotatable bonds is 4. The fourth-order valence-corrected chi connectivity index (χ4v) is 3.11. The number of amides is 2. The lowest BCUT2D eigenvalue weighted by Crippen LogP contribution is -2.44. The molecule has 0 spiro atoms. The Hall–Kier alpha value is -1.84. The molecule has 1 aromatic rings. The second-order valence-corrected chi connectivity index (χ2v) is 5.89. The molecule has 1 fully saturated rings. The first-order valence-corrected chi connectivity index (χ1v) is 8.22. The second-order valence-electron chi connectivity index (χ2n) is 5.89. The van der Waals surface area contributed by atoms with Crippen molar-refractivity contribution in [3.63, 3.8) is 0 Å². The Morgan fingerprint density at radius 2 is 1.73 bits per heavy atom. The predicted molar refractivity (Wildman–Crippen MR) is 87.7 cm³/mol. The summed E-state index contributed by atoms with van der Waals surface area (Å²) in [5.74, 6) is 0.403. The van der Waals surface area contributed by atoms with Gasteiger partial charge in [-0.2, -0.15) is 0 Å². The SMILES string of the molecule is CCN(CC)C(=O)C1CCN(C(=O)c2ccccc2C)CC1. The number of carbonyl (C=O) groups is 2. The maximum Gasteiger partial charge on any atom is 0.254 e. The maximum atomic E-state index is 12.6. The first kappa shape index (κ1) is 16.5. The average molecular weight is 302 g/mol. The number of aryl methyl sites for hydroxylation is 1. The van der Waals surface area contributed by atoms with Crippen molar-refractivity contribution in [2.75, 3.05) is 26.2 Å². The van der Waals surface area contributed by atoms with Gasteiger partial charge in [0, 0.05) is 37.7 Å². The molecule has 4 nitrogen and oxygen atoms in total. The summed E-state index contributed by atoms with van der Waals surface area (Å²) in [6, 6.07) is 7.69. The van der Waals surface area contributed by atoms with E-state index in [-0.39, 0.29) is 17.7 Å². The Morgan fingerprint density at radius 1 is 1.14 bits per heavy atom. The Balaban J connectivity index is 1.96. The third-order valence-corrected chi connectivity index (χ3v) is 4.58. The highest BCUT2D eigenvalue weighted by Crippen LogP contribution is 2.22. The van der Waals surface area contributed by atoms with Crippen molar-refractivity contribution in [3.05, 3.63) is 35.4 Å². The predicted octanol–water partition coefficient (Wildman–Crippen LogP) is 2.72. The number of hydrogen-bond donors (Lipinski definition) is 0. The van der Waals surface area contributed by atoms with E-state index in [1.165, 1.54) is 0 Å². The molecule has 1 aromatic carbocycles. The molecule has 1 heterocycles. The molecule has 0 atom stereocenters. The summed E-state index contributed by atoms with van der Waals surface area (Å²) in [6.07, 6.45) is 1.54. The van der Waals surface area contributed by atoms with Crippen LogP contribution < -0.4 is 0 Å².